The Morgan fingerprint density at radius 3 is 2.67 bits per heavy atom. The summed E-state index contributed by atoms with van der Waals surface area (Å²) in [6, 6.07) is 6.50. The number of hydrogen-bond donors (Lipinski definition) is 1. The van der Waals surface area contributed by atoms with Crippen LogP contribution in [0.1, 0.15) is 32.3 Å². The Hall–Kier alpha value is -2.83. The van der Waals surface area contributed by atoms with E-state index in [4.69, 9.17) is 9.47 Å². The van der Waals surface area contributed by atoms with Gasteiger partial charge in [0.15, 0.2) is 0 Å². The molecule has 1 saturated heterocycles. The summed E-state index contributed by atoms with van der Waals surface area (Å²) in [5.74, 6) is -0.365. The molecule has 2 rings (SSSR count). The molecule has 0 aromatic heterocycles. The average molecular weight is 374 g/mol. The van der Waals surface area contributed by atoms with Crippen LogP contribution < -0.4 is 10.1 Å². The molecular weight excluding hydrogens is 348 g/mol. The lowest BCUT2D eigenvalue weighted by atomic mass is 10.1. The van der Waals surface area contributed by atoms with E-state index in [1.165, 1.54) is 11.0 Å². The third-order valence-electron chi connectivity index (χ3n) is 4.05. The number of nitrogens with zero attached hydrogens (tertiary/aromatic N) is 1. The Labute approximate surface area is 159 Å². The van der Waals surface area contributed by atoms with Crippen molar-refractivity contribution in [3.05, 3.63) is 35.9 Å². The van der Waals surface area contributed by atoms with Gasteiger partial charge in [-0.25, -0.2) is 0 Å². The van der Waals surface area contributed by atoms with Gasteiger partial charge in [0.05, 0.1) is 19.6 Å². The Kier molecular flexibility index (Phi) is 7.85. The number of ether oxygens (including phenoxy) is 2. The molecule has 0 radical (unpaired) electrons. The summed E-state index contributed by atoms with van der Waals surface area (Å²) >= 11 is 0. The number of hydrogen-bond acceptors (Lipinski definition) is 5. The maximum atomic E-state index is 12.6. The fourth-order valence-corrected chi connectivity index (χ4v) is 2.72. The van der Waals surface area contributed by atoms with Gasteiger partial charge in [-0.1, -0.05) is 19.1 Å². The zero-order valence-electron chi connectivity index (χ0n) is 15.8. The second-order valence-electron chi connectivity index (χ2n) is 6.10. The molecule has 1 aromatic rings. The molecule has 1 aromatic carbocycles. The average Bonchev–Trinajstić information content (AvgIpc) is 2.67. The number of rotatable bonds is 8. The number of nitrogens with one attached hydrogen (secondary N) is 1. The third-order valence-corrected chi connectivity index (χ3v) is 4.05. The summed E-state index contributed by atoms with van der Waals surface area (Å²) < 4.78 is 10.4. The van der Waals surface area contributed by atoms with E-state index in [1.54, 1.807) is 6.08 Å². The maximum absolute atomic E-state index is 12.6. The molecule has 1 aliphatic heterocycles. The molecule has 27 heavy (non-hydrogen) atoms. The highest BCUT2D eigenvalue weighted by molar-refractivity contribution is 5.97. The lowest BCUT2D eigenvalue weighted by molar-refractivity contribution is -0.150. The Bertz CT molecular complexity index is 684. The lowest BCUT2D eigenvalue weighted by Gasteiger charge is -2.33. The van der Waals surface area contributed by atoms with Gasteiger partial charge in [0.25, 0.3) is 0 Å². The molecule has 7 heteroatoms. The Morgan fingerprint density at radius 2 is 2.00 bits per heavy atom. The van der Waals surface area contributed by atoms with E-state index in [2.05, 4.69) is 5.32 Å². The van der Waals surface area contributed by atoms with Gasteiger partial charge in [-0.05, 0) is 37.1 Å². The van der Waals surface area contributed by atoms with E-state index in [9.17, 15) is 14.4 Å². The van der Waals surface area contributed by atoms with Crippen LogP contribution in [-0.4, -0.2) is 55.0 Å². The monoisotopic (exact) mass is 374 g/mol. The SMILES string of the molecule is CCCOC(=O)CC1C(=O)NCCN1C(=O)/C=C/c1ccc(OCC)cc1. The van der Waals surface area contributed by atoms with E-state index >= 15 is 0 Å². The van der Waals surface area contributed by atoms with Crippen molar-refractivity contribution in [1.82, 2.24) is 10.2 Å². The summed E-state index contributed by atoms with van der Waals surface area (Å²) in [4.78, 5) is 38.0. The van der Waals surface area contributed by atoms with Crippen molar-refractivity contribution in [3.63, 3.8) is 0 Å². The van der Waals surface area contributed by atoms with Crippen molar-refractivity contribution >= 4 is 23.9 Å². The van der Waals surface area contributed by atoms with Crippen LogP contribution in [0.25, 0.3) is 6.08 Å². The molecule has 1 fully saturated rings. The van der Waals surface area contributed by atoms with E-state index in [-0.39, 0.29) is 18.2 Å². The van der Waals surface area contributed by atoms with E-state index in [1.807, 2.05) is 38.1 Å². The Morgan fingerprint density at radius 1 is 1.26 bits per heavy atom. The van der Waals surface area contributed by atoms with Gasteiger partial charge in [0.2, 0.25) is 11.8 Å². The molecule has 7 nitrogen and oxygen atoms in total. The first-order valence-corrected chi connectivity index (χ1v) is 9.20. The van der Waals surface area contributed by atoms with Crippen LogP contribution in [0.15, 0.2) is 30.3 Å². The summed E-state index contributed by atoms with van der Waals surface area (Å²) in [7, 11) is 0. The fraction of sp³-hybridized carbons (Fsp3) is 0.450. The van der Waals surface area contributed by atoms with Gasteiger partial charge in [-0.3, -0.25) is 14.4 Å². The molecule has 1 aliphatic rings. The van der Waals surface area contributed by atoms with E-state index in [0.717, 1.165) is 11.3 Å². The molecule has 0 saturated carbocycles. The predicted octanol–water partition coefficient (Wildman–Crippen LogP) is 1.77. The summed E-state index contributed by atoms with van der Waals surface area (Å²) in [5.41, 5.74) is 0.840. The first-order chi connectivity index (χ1) is 13.0. The fourth-order valence-electron chi connectivity index (χ4n) is 2.72. The van der Waals surface area contributed by atoms with E-state index in [0.29, 0.717) is 32.7 Å². The van der Waals surface area contributed by atoms with Crippen molar-refractivity contribution in [2.45, 2.75) is 32.7 Å². The normalized spacial score (nSPS) is 16.9. The zero-order valence-corrected chi connectivity index (χ0v) is 15.8. The number of amides is 2. The molecule has 1 atom stereocenters. The van der Waals surface area contributed by atoms with Crippen molar-refractivity contribution < 1.29 is 23.9 Å². The van der Waals surface area contributed by atoms with Gasteiger partial charge in [0.1, 0.15) is 11.8 Å². The summed E-state index contributed by atoms with van der Waals surface area (Å²) in [5, 5.41) is 2.69. The molecule has 0 aliphatic carbocycles. The van der Waals surface area contributed by atoms with Crippen LogP contribution in [0, 0.1) is 0 Å². The quantitative estimate of drug-likeness (QED) is 0.554. The summed E-state index contributed by atoms with van der Waals surface area (Å²) in [6.07, 6.45) is 3.65. The number of carbonyl (C=O) groups is 3. The molecule has 1 heterocycles. The van der Waals surface area contributed by atoms with Gasteiger partial charge in [-0.15, -0.1) is 0 Å². The van der Waals surface area contributed by atoms with Gasteiger partial charge in [0, 0.05) is 19.2 Å². The highest BCUT2D eigenvalue weighted by Crippen LogP contribution is 2.15. The van der Waals surface area contributed by atoms with Gasteiger partial charge in [-0.2, -0.15) is 0 Å². The topological polar surface area (TPSA) is 84.9 Å². The number of benzene rings is 1. The highest BCUT2D eigenvalue weighted by Gasteiger charge is 2.34. The first-order valence-electron chi connectivity index (χ1n) is 9.20. The van der Waals surface area contributed by atoms with Crippen LogP contribution in [-0.2, 0) is 19.1 Å². The molecule has 1 unspecified atom stereocenters. The maximum Gasteiger partial charge on any atom is 0.308 e. The van der Waals surface area contributed by atoms with Gasteiger partial charge >= 0.3 is 5.97 Å². The van der Waals surface area contributed by atoms with Crippen molar-refractivity contribution in [2.24, 2.45) is 0 Å². The van der Waals surface area contributed by atoms with Crippen molar-refractivity contribution in [1.29, 1.82) is 0 Å². The molecule has 0 spiro atoms. The standard InChI is InChI=1S/C20H26N2O5/c1-3-13-27-19(24)14-17-20(25)21-11-12-22(17)18(23)10-7-15-5-8-16(9-6-15)26-4-2/h5-10,17H,3-4,11-14H2,1-2H3,(H,21,25)/b10-7+. The predicted molar refractivity (Wildman–Crippen MR) is 101 cm³/mol. The minimum atomic E-state index is -0.847. The van der Waals surface area contributed by atoms with Gasteiger partial charge < -0.3 is 19.7 Å². The second-order valence-corrected chi connectivity index (χ2v) is 6.10. The smallest absolute Gasteiger partial charge is 0.308 e. The van der Waals surface area contributed by atoms with Crippen LogP contribution in [0.5, 0.6) is 5.75 Å². The minimum absolute atomic E-state index is 0.144. The van der Waals surface area contributed by atoms with Crippen molar-refractivity contribution in [3.8, 4) is 5.75 Å². The Balaban J connectivity index is 2.02. The molecule has 1 N–H and O–H groups in total. The molecule has 146 valence electrons. The minimum Gasteiger partial charge on any atom is -0.494 e. The number of esters is 1. The number of carbonyl (C=O) groups excluding carboxylic acids is 3. The largest absolute Gasteiger partial charge is 0.494 e. The van der Waals surface area contributed by atoms with Crippen LogP contribution >= 0.6 is 0 Å². The molecule has 2 amide bonds. The highest BCUT2D eigenvalue weighted by atomic mass is 16.5. The third kappa shape index (κ3) is 6.13. The molecular formula is C20H26N2O5. The first kappa shape index (κ1) is 20.5. The lowest BCUT2D eigenvalue weighted by Crippen LogP contribution is -2.57. The zero-order chi connectivity index (χ0) is 19.6. The second kappa shape index (κ2) is 10.4. The van der Waals surface area contributed by atoms with Crippen LogP contribution in [0.3, 0.4) is 0 Å². The van der Waals surface area contributed by atoms with Crippen LogP contribution in [0.4, 0.5) is 0 Å². The molecule has 0 bridgehead atoms. The van der Waals surface area contributed by atoms with Crippen molar-refractivity contribution in [2.75, 3.05) is 26.3 Å². The van der Waals surface area contributed by atoms with E-state index < -0.39 is 12.0 Å². The number of piperazine rings is 1. The van der Waals surface area contributed by atoms with Crippen LogP contribution in [0.2, 0.25) is 0 Å². The summed E-state index contributed by atoms with van der Waals surface area (Å²) in [6.45, 7) is 5.41.